The Morgan fingerprint density at radius 3 is 2.40 bits per heavy atom. The van der Waals surface area contributed by atoms with Crippen molar-refractivity contribution < 1.29 is 14.4 Å². The van der Waals surface area contributed by atoms with Gasteiger partial charge in [-0.15, -0.1) is 0 Å². The molecule has 35 heavy (non-hydrogen) atoms. The summed E-state index contributed by atoms with van der Waals surface area (Å²) in [6.45, 7) is 6.58. The molecule has 1 fully saturated rings. The van der Waals surface area contributed by atoms with Crippen molar-refractivity contribution in [3.63, 3.8) is 0 Å². The zero-order valence-corrected chi connectivity index (χ0v) is 20.0. The summed E-state index contributed by atoms with van der Waals surface area (Å²) in [5, 5.41) is 17.2. The Bertz CT molecular complexity index is 1320. The molecule has 3 amide bonds. The van der Waals surface area contributed by atoms with Gasteiger partial charge in [-0.3, -0.25) is 19.1 Å². The molecule has 2 aromatic carbocycles. The lowest BCUT2D eigenvalue weighted by molar-refractivity contribution is -0.145. The molecule has 3 N–H and O–H groups in total. The first-order chi connectivity index (χ1) is 16.6. The van der Waals surface area contributed by atoms with Gasteiger partial charge in [0, 0.05) is 18.5 Å². The lowest BCUT2D eigenvalue weighted by Crippen LogP contribution is -2.62. The van der Waals surface area contributed by atoms with Crippen LogP contribution in [-0.4, -0.2) is 51.5 Å². The van der Waals surface area contributed by atoms with Gasteiger partial charge in [0.25, 0.3) is 5.91 Å². The van der Waals surface area contributed by atoms with Crippen molar-refractivity contribution in [1.29, 1.82) is 5.26 Å². The maximum Gasteiger partial charge on any atom is 0.273 e. The summed E-state index contributed by atoms with van der Waals surface area (Å²) in [5.74, 6) is -1.47. The second-order valence-corrected chi connectivity index (χ2v) is 9.95. The number of hydrogen-bond acceptors (Lipinski definition) is 5. The smallest absolute Gasteiger partial charge is 0.273 e. The van der Waals surface area contributed by atoms with Crippen LogP contribution in [-0.2, 0) is 16.1 Å². The summed E-state index contributed by atoms with van der Waals surface area (Å²) in [5.41, 5.74) is 7.29. The van der Waals surface area contributed by atoms with Crippen LogP contribution in [0.15, 0.2) is 48.5 Å². The van der Waals surface area contributed by atoms with Gasteiger partial charge in [-0.05, 0) is 29.2 Å². The number of fused-ring (bicyclic) bond motifs is 1. The van der Waals surface area contributed by atoms with Gasteiger partial charge in [0.15, 0.2) is 5.69 Å². The zero-order chi connectivity index (χ0) is 25.3. The number of carbonyl (C=O) groups is 3. The molecule has 1 aromatic heterocycles. The molecule has 0 unspecified atom stereocenters. The summed E-state index contributed by atoms with van der Waals surface area (Å²) in [7, 11) is 0. The van der Waals surface area contributed by atoms with E-state index in [2.05, 4.69) is 16.5 Å². The number of benzene rings is 2. The van der Waals surface area contributed by atoms with Gasteiger partial charge in [0.2, 0.25) is 11.8 Å². The molecule has 0 saturated carbocycles. The highest BCUT2D eigenvalue weighted by Crippen LogP contribution is 2.26. The summed E-state index contributed by atoms with van der Waals surface area (Å²) < 4.78 is 1.74. The van der Waals surface area contributed by atoms with Crippen LogP contribution in [0.1, 0.15) is 42.4 Å². The third-order valence-electron chi connectivity index (χ3n) is 6.27. The number of nitrogens with zero attached hydrogens (tertiary/aromatic N) is 4. The summed E-state index contributed by atoms with van der Waals surface area (Å²) in [6.07, 6.45) is 0. The molecule has 3 aromatic rings. The van der Waals surface area contributed by atoms with Gasteiger partial charge in [-0.2, -0.15) is 10.4 Å². The van der Waals surface area contributed by atoms with Crippen LogP contribution in [0.3, 0.4) is 0 Å². The normalized spacial score (nSPS) is 14.7. The molecular weight excluding hydrogens is 444 g/mol. The minimum absolute atomic E-state index is 0.231. The number of primary amides is 1. The molecule has 0 spiro atoms. The molecule has 9 heteroatoms. The molecule has 1 aliphatic heterocycles. The van der Waals surface area contributed by atoms with Crippen molar-refractivity contribution in [2.24, 2.45) is 17.1 Å². The third-order valence-corrected chi connectivity index (χ3v) is 6.27. The van der Waals surface area contributed by atoms with Crippen molar-refractivity contribution >= 4 is 28.6 Å². The summed E-state index contributed by atoms with van der Waals surface area (Å²) in [4.78, 5) is 39.5. The summed E-state index contributed by atoms with van der Waals surface area (Å²) in [6, 6.07) is 15.9. The van der Waals surface area contributed by atoms with Crippen molar-refractivity contribution in [2.75, 3.05) is 13.1 Å². The molecular formula is C26H28N6O3. The number of nitrogens with two attached hydrogens (primary N) is 1. The Balaban J connectivity index is 1.59. The van der Waals surface area contributed by atoms with E-state index in [1.165, 1.54) is 0 Å². The number of nitriles is 1. The van der Waals surface area contributed by atoms with E-state index in [0.717, 1.165) is 11.1 Å². The lowest BCUT2D eigenvalue weighted by Gasteiger charge is -2.42. The first-order valence-corrected chi connectivity index (χ1v) is 11.4. The number of amides is 3. The standard InChI is InChI=1S/C26H28N6O3/c1-26(2,3)22(25(35)31-14-18(15-31)23(28)33)29-24(34)21-19-6-4-5-7-20(19)32(30-21)13-17-10-8-16(12-27)9-11-17/h4-11,18,22H,13-15H2,1-3H3,(H2,28,33)(H,29,34)/t22-/m1/s1. The van der Waals surface area contributed by atoms with E-state index in [1.54, 1.807) is 21.7 Å². The Morgan fingerprint density at radius 2 is 1.80 bits per heavy atom. The molecule has 0 radical (unpaired) electrons. The van der Waals surface area contributed by atoms with E-state index in [1.807, 2.05) is 57.2 Å². The fourth-order valence-corrected chi connectivity index (χ4v) is 4.14. The van der Waals surface area contributed by atoms with Crippen molar-refractivity contribution in [1.82, 2.24) is 20.0 Å². The Kier molecular flexibility index (Phi) is 6.31. The molecule has 4 rings (SSSR count). The van der Waals surface area contributed by atoms with Crippen LogP contribution >= 0.6 is 0 Å². The van der Waals surface area contributed by atoms with Crippen LogP contribution in [0.4, 0.5) is 0 Å². The topological polar surface area (TPSA) is 134 Å². The van der Waals surface area contributed by atoms with E-state index >= 15 is 0 Å². The molecule has 180 valence electrons. The SMILES string of the molecule is CC(C)(C)[C@H](NC(=O)c1nn(Cc2ccc(C#N)cc2)c2ccccc12)C(=O)N1CC(C(N)=O)C1. The number of aromatic nitrogens is 2. The van der Waals surface area contributed by atoms with Crippen molar-refractivity contribution in [3.8, 4) is 6.07 Å². The molecule has 1 aliphatic rings. The zero-order valence-electron chi connectivity index (χ0n) is 20.0. The quantitative estimate of drug-likeness (QED) is 0.566. The number of nitrogens with one attached hydrogen (secondary N) is 1. The highest BCUT2D eigenvalue weighted by atomic mass is 16.2. The Morgan fingerprint density at radius 1 is 1.14 bits per heavy atom. The predicted molar refractivity (Wildman–Crippen MR) is 130 cm³/mol. The Hall–Kier alpha value is -4.19. The number of rotatable bonds is 6. The highest BCUT2D eigenvalue weighted by Gasteiger charge is 2.42. The molecule has 0 bridgehead atoms. The predicted octanol–water partition coefficient (Wildman–Crippen LogP) is 2.04. The van der Waals surface area contributed by atoms with Crippen LogP contribution in [0.5, 0.6) is 0 Å². The fourth-order valence-electron chi connectivity index (χ4n) is 4.14. The van der Waals surface area contributed by atoms with Crippen LogP contribution < -0.4 is 11.1 Å². The molecule has 1 saturated heterocycles. The molecule has 1 atom stereocenters. The van der Waals surface area contributed by atoms with Crippen molar-refractivity contribution in [3.05, 3.63) is 65.4 Å². The largest absolute Gasteiger partial charge is 0.369 e. The number of para-hydroxylation sites is 1. The summed E-state index contributed by atoms with van der Waals surface area (Å²) >= 11 is 0. The van der Waals surface area contributed by atoms with Gasteiger partial charge >= 0.3 is 0 Å². The fraction of sp³-hybridized carbons (Fsp3) is 0.346. The average molecular weight is 473 g/mol. The first kappa shape index (κ1) is 24.0. The van der Waals surface area contributed by atoms with Gasteiger partial charge in [0.1, 0.15) is 6.04 Å². The van der Waals surface area contributed by atoms with E-state index in [4.69, 9.17) is 11.0 Å². The van der Waals surface area contributed by atoms with Gasteiger partial charge in [-0.25, -0.2) is 0 Å². The molecule has 0 aliphatic carbocycles. The first-order valence-electron chi connectivity index (χ1n) is 11.4. The third kappa shape index (κ3) is 4.87. The van der Waals surface area contributed by atoms with Gasteiger partial charge < -0.3 is 16.0 Å². The molecule has 9 nitrogen and oxygen atoms in total. The maximum absolute atomic E-state index is 13.4. The van der Waals surface area contributed by atoms with E-state index in [0.29, 0.717) is 17.5 Å². The Labute approximate surface area is 203 Å². The second-order valence-electron chi connectivity index (χ2n) is 9.95. The van der Waals surface area contributed by atoms with E-state index < -0.39 is 23.3 Å². The van der Waals surface area contributed by atoms with E-state index in [9.17, 15) is 14.4 Å². The molecule has 2 heterocycles. The second kappa shape index (κ2) is 9.22. The van der Waals surface area contributed by atoms with Crippen LogP contribution in [0.2, 0.25) is 0 Å². The van der Waals surface area contributed by atoms with Crippen molar-refractivity contribution in [2.45, 2.75) is 33.4 Å². The number of likely N-dealkylation sites (tertiary alicyclic amines) is 1. The van der Waals surface area contributed by atoms with Gasteiger partial charge in [0.05, 0.1) is 29.6 Å². The van der Waals surface area contributed by atoms with Crippen LogP contribution in [0.25, 0.3) is 10.9 Å². The minimum atomic E-state index is -0.800. The minimum Gasteiger partial charge on any atom is -0.369 e. The average Bonchev–Trinajstić information content (AvgIpc) is 3.14. The van der Waals surface area contributed by atoms with E-state index in [-0.39, 0.29) is 30.6 Å². The number of hydrogen-bond donors (Lipinski definition) is 2. The van der Waals surface area contributed by atoms with Crippen LogP contribution in [0, 0.1) is 22.7 Å². The maximum atomic E-state index is 13.4. The monoisotopic (exact) mass is 472 g/mol. The number of carbonyl (C=O) groups excluding carboxylic acids is 3. The highest BCUT2D eigenvalue weighted by molar-refractivity contribution is 6.06. The lowest BCUT2D eigenvalue weighted by atomic mass is 9.84. The van der Waals surface area contributed by atoms with Gasteiger partial charge in [-0.1, -0.05) is 51.1 Å².